The normalized spacial score (nSPS) is 19.0. The van der Waals surface area contributed by atoms with Gasteiger partial charge in [0.25, 0.3) is 0 Å². The van der Waals surface area contributed by atoms with Crippen molar-refractivity contribution in [3.8, 4) is 11.5 Å². The summed E-state index contributed by atoms with van der Waals surface area (Å²) in [4.78, 5) is 8.24. The van der Waals surface area contributed by atoms with E-state index < -0.39 is 0 Å². The fourth-order valence-electron chi connectivity index (χ4n) is 4.02. The summed E-state index contributed by atoms with van der Waals surface area (Å²) < 4.78 is 16.4. The monoisotopic (exact) mass is 432 g/mol. The van der Waals surface area contributed by atoms with Crippen LogP contribution in [0.1, 0.15) is 31.9 Å². The molecular weight excluding hydrogens is 396 g/mol. The second-order valence-corrected chi connectivity index (χ2v) is 8.09. The minimum atomic E-state index is -0.0401. The van der Waals surface area contributed by atoms with Gasteiger partial charge >= 0.3 is 0 Å². The fourth-order valence-corrected chi connectivity index (χ4v) is 4.02. The number of hydrogen-bond donors (Lipinski definition) is 4. The third-order valence-corrected chi connectivity index (χ3v) is 5.84. The molecule has 0 aliphatic carbocycles. The zero-order valence-electron chi connectivity index (χ0n) is 18.9. The van der Waals surface area contributed by atoms with Gasteiger partial charge in [0.2, 0.25) is 0 Å². The van der Waals surface area contributed by atoms with Crippen molar-refractivity contribution in [3.63, 3.8) is 0 Å². The third kappa shape index (κ3) is 6.04. The standard InChI is InChI=1S/C23H36N4O4/c1-4-24-22(26-15-23(7-10-28)8-11-31-16-23)25-9-5-6-17-12-19-20(27-17)13-18(29-2)14-21(19)30-3/h12-14,27-28H,4-11,15-16H2,1-3H3,(H2,24,25,26). The van der Waals surface area contributed by atoms with E-state index in [-0.39, 0.29) is 12.0 Å². The molecule has 4 N–H and O–H groups in total. The molecule has 3 rings (SSSR count). The summed E-state index contributed by atoms with van der Waals surface area (Å²) in [7, 11) is 3.33. The molecule has 2 aromatic rings. The third-order valence-electron chi connectivity index (χ3n) is 5.84. The van der Waals surface area contributed by atoms with Crippen LogP contribution in [-0.2, 0) is 11.2 Å². The summed E-state index contributed by atoms with van der Waals surface area (Å²) in [6.45, 7) is 5.93. The lowest BCUT2D eigenvalue weighted by Crippen LogP contribution is -2.39. The Hall–Kier alpha value is -2.45. The van der Waals surface area contributed by atoms with Gasteiger partial charge in [-0.2, -0.15) is 0 Å². The molecule has 1 fully saturated rings. The highest BCUT2D eigenvalue weighted by molar-refractivity contribution is 5.88. The Balaban J connectivity index is 1.55. The molecule has 0 saturated carbocycles. The second kappa shape index (κ2) is 11.2. The first kappa shape index (κ1) is 23.2. The number of aliphatic hydroxyl groups excluding tert-OH is 1. The average molecular weight is 433 g/mol. The number of benzene rings is 1. The fraction of sp³-hybridized carbons (Fsp3) is 0.609. The summed E-state index contributed by atoms with van der Waals surface area (Å²) in [6, 6.07) is 6.04. The molecule has 172 valence electrons. The van der Waals surface area contributed by atoms with Gasteiger partial charge in [-0.3, -0.25) is 4.99 Å². The van der Waals surface area contributed by atoms with Crippen LogP contribution in [0.25, 0.3) is 10.9 Å². The smallest absolute Gasteiger partial charge is 0.191 e. The van der Waals surface area contributed by atoms with E-state index in [1.165, 1.54) is 0 Å². The SMILES string of the molecule is CCNC(=NCC1(CCO)CCOC1)NCCCc1cc2c(OC)cc(OC)cc2[nH]1. The van der Waals surface area contributed by atoms with Gasteiger partial charge in [-0.25, -0.2) is 0 Å². The van der Waals surface area contributed by atoms with Crippen molar-refractivity contribution in [2.24, 2.45) is 10.4 Å². The van der Waals surface area contributed by atoms with Crippen molar-refractivity contribution >= 4 is 16.9 Å². The number of fused-ring (bicyclic) bond motifs is 1. The predicted octanol–water partition coefficient (Wildman–Crippen LogP) is 2.46. The van der Waals surface area contributed by atoms with E-state index in [1.54, 1.807) is 14.2 Å². The number of hydrogen-bond acceptors (Lipinski definition) is 5. The van der Waals surface area contributed by atoms with Gasteiger partial charge in [0.15, 0.2) is 5.96 Å². The molecule has 1 aromatic heterocycles. The predicted molar refractivity (Wildman–Crippen MR) is 123 cm³/mol. The van der Waals surface area contributed by atoms with Crippen molar-refractivity contribution in [3.05, 3.63) is 23.9 Å². The van der Waals surface area contributed by atoms with E-state index in [2.05, 4.69) is 28.6 Å². The van der Waals surface area contributed by atoms with Crippen LogP contribution < -0.4 is 20.1 Å². The number of aromatic nitrogens is 1. The molecular formula is C23H36N4O4. The largest absolute Gasteiger partial charge is 0.497 e. The Kier molecular flexibility index (Phi) is 8.43. The topological polar surface area (TPSA) is 100 Å². The van der Waals surface area contributed by atoms with Gasteiger partial charge in [0, 0.05) is 54.9 Å². The minimum absolute atomic E-state index is 0.0401. The summed E-state index contributed by atoms with van der Waals surface area (Å²) in [5.41, 5.74) is 2.14. The van der Waals surface area contributed by atoms with Crippen LogP contribution in [0.4, 0.5) is 0 Å². The van der Waals surface area contributed by atoms with Crippen LogP contribution in [-0.4, -0.2) is 69.7 Å². The van der Waals surface area contributed by atoms with Gasteiger partial charge in [-0.15, -0.1) is 0 Å². The Morgan fingerprint density at radius 2 is 2.13 bits per heavy atom. The zero-order chi connectivity index (χ0) is 22.1. The Labute approximate surface area is 184 Å². The lowest BCUT2D eigenvalue weighted by molar-refractivity contribution is 0.131. The molecule has 1 atom stereocenters. The Morgan fingerprint density at radius 3 is 2.81 bits per heavy atom. The molecule has 1 saturated heterocycles. The maximum Gasteiger partial charge on any atom is 0.191 e. The molecule has 0 bridgehead atoms. The van der Waals surface area contributed by atoms with Crippen molar-refractivity contribution in [1.82, 2.24) is 15.6 Å². The number of rotatable bonds is 11. The zero-order valence-corrected chi connectivity index (χ0v) is 18.9. The van der Waals surface area contributed by atoms with Crippen LogP contribution in [0.15, 0.2) is 23.2 Å². The summed E-state index contributed by atoms with van der Waals surface area (Å²) in [5.74, 6) is 2.40. The Morgan fingerprint density at radius 1 is 1.26 bits per heavy atom. The number of methoxy groups -OCH3 is 2. The lowest BCUT2D eigenvalue weighted by atomic mass is 9.84. The quantitative estimate of drug-likeness (QED) is 0.247. The van der Waals surface area contributed by atoms with Crippen LogP contribution in [0.2, 0.25) is 0 Å². The number of aliphatic hydroxyl groups is 1. The summed E-state index contributed by atoms with van der Waals surface area (Å²) in [6.07, 6.45) is 3.55. The van der Waals surface area contributed by atoms with Crippen LogP contribution >= 0.6 is 0 Å². The Bertz CT molecular complexity index is 859. The highest BCUT2D eigenvalue weighted by Gasteiger charge is 2.34. The molecule has 0 radical (unpaired) electrons. The van der Waals surface area contributed by atoms with E-state index in [4.69, 9.17) is 19.2 Å². The summed E-state index contributed by atoms with van der Waals surface area (Å²) in [5, 5.41) is 17.2. The number of aryl methyl sites for hydroxylation is 1. The molecule has 0 amide bonds. The molecule has 8 heteroatoms. The van der Waals surface area contributed by atoms with Crippen LogP contribution in [0, 0.1) is 5.41 Å². The first-order valence-electron chi connectivity index (χ1n) is 11.1. The second-order valence-electron chi connectivity index (χ2n) is 8.09. The number of nitrogens with zero attached hydrogens (tertiary/aromatic N) is 1. The number of ether oxygens (including phenoxy) is 3. The van der Waals surface area contributed by atoms with Gasteiger partial charge in [-0.05, 0) is 38.7 Å². The van der Waals surface area contributed by atoms with Gasteiger partial charge in [0.05, 0.1) is 32.9 Å². The highest BCUT2D eigenvalue weighted by Crippen LogP contribution is 2.33. The van der Waals surface area contributed by atoms with Crippen molar-refractivity contribution in [2.75, 3.05) is 53.7 Å². The van der Waals surface area contributed by atoms with E-state index >= 15 is 0 Å². The van der Waals surface area contributed by atoms with E-state index in [9.17, 15) is 5.11 Å². The van der Waals surface area contributed by atoms with Crippen molar-refractivity contribution < 1.29 is 19.3 Å². The molecule has 1 unspecified atom stereocenters. The molecule has 0 spiro atoms. The highest BCUT2D eigenvalue weighted by atomic mass is 16.5. The molecule has 1 aliphatic heterocycles. The molecule has 31 heavy (non-hydrogen) atoms. The number of nitrogens with one attached hydrogen (secondary N) is 3. The van der Waals surface area contributed by atoms with Gasteiger partial charge in [-0.1, -0.05) is 0 Å². The average Bonchev–Trinajstić information content (AvgIpc) is 3.41. The lowest BCUT2D eigenvalue weighted by Gasteiger charge is -2.24. The number of aliphatic imine (C=N–C) groups is 1. The number of aromatic amines is 1. The van der Waals surface area contributed by atoms with Gasteiger partial charge in [0.1, 0.15) is 11.5 Å². The van der Waals surface area contributed by atoms with E-state index in [1.807, 2.05) is 12.1 Å². The van der Waals surface area contributed by atoms with Crippen molar-refractivity contribution in [2.45, 2.75) is 32.6 Å². The van der Waals surface area contributed by atoms with Crippen molar-refractivity contribution in [1.29, 1.82) is 0 Å². The first-order valence-corrected chi connectivity index (χ1v) is 11.1. The summed E-state index contributed by atoms with van der Waals surface area (Å²) >= 11 is 0. The molecule has 1 aliphatic rings. The van der Waals surface area contributed by atoms with E-state index in [0.29, 0.717) is 13.2 Å². The maximum absolute atomic E-state index is 9.40. The maximum atomic E-state index is 9.40. The number of H-pyrrole nitrogens is 1. The number of guanidine groups is 1. The van der Waals surface area contributed by atoms with Crippen LogP contribution in [0.5, 0.6) is 11.5 Å². The molecule has 1 aromatic carbocycles. The molecule has 2 heterocycles. The minimum Gasteiger partial charge on any atom is -0.497 e. The van der Waals surface area contributed by atoms with Gasteiger partial charge < -0.3 is 34.9 Å². The molecule has 8 nitrogen and oxygen atoms in total. The first-order chi connectivity index (χ1) is 15.1. The van der Waals surface area contributed by atoms with E-state index in [0.717, 1.165) is 79.4 Å². The van der Waals surface area contributed by atoms with Crippen LogP contribution in [0.3, 0.4) is 0 Å².